The van der Waals surface area contributed by atoms with Crippen LogP contribution in [0.4, 0.5) is 0 Å². The third kappa shape index (κ3) is 4.92. The van der Waals surface area contributed by atoms with Gasteiger partial charge >= 0.3 is 0 Å². The second kappa shape index (κ2) is 9.09. The van der Waals surface area contributed by atoms with E-state index in [4.69, 9.17) is 11.6 Å². The van der Waals surface area contributed by atoms with Crippen LogP contribution in [0.15, 0.2) is 47.1 Å². The minimum Gasteiger partial charge on any atom is -0.345 e. The van der Waals surface area contributed by atoms with Gasteiger partial charge in [0.2, 0.25) is 5.91 Å². The van der Waals surface area contributed by atoms with Gasteiger partial charge in [-0.05, 0) is 49.6 Å². The van der Waals surface area contributed by atoms with E-state index in [-0.39, 0.29) is 5.91 Å². The lowest BCUT2D eigenvalue weighted by molar-refractivity contribution is -0.134. The van der Waals surface area contributed by atoms with Crippen LogP contribution in [-0.4, -0.2) is 26.8 Å². The molecule has 0 N–H and O–H groups in total. The van der Waals surface area contributed by atoms with Crippen molar-refractivity contribution in [2.45, 2.75) is 63.5 Å². The summed E-state index contributed by atoms with van der Waals surface area (Å²) in [5.74, 6) is 0.0509. The van der Waals surface area contributed by atoms with Crippen molar-refractivity contribution < 1.29 is 4.79 Å². The normalized spacial score (nSPS) is 16.4. The highest BCUT2D eigenvalue weighted by Crippen LogP contribution is 2.26. The second-order valence-electron chi connectivity index (χ2n) is 7.13. The van der Waals surface area contributed by atoms with Gasteiger partial charge in [0.15, 0.2) is 0 Å². The lowest BCUT2D eigenvalue weighted by atomic mass is 9.94. The summed E-state index contributed by atoms with van der Waals surface area (Å²) in [5.41, 5.74) is 2.40. The summed E-state index contributed by atoms with van der Waals surface area (Å²) in [6, 6.07) is 12.9. The predicted molar refractivity (Wildman–Crippen MR) is 110 cm³/mol. The van der Waals surface area contributed by atoms with E-state index < -0.39 is 5.38 Å². The SMILES string of the molecule is CC(Cl)C(=O)N(Cc1cccn1Cc1ccc(Br)cc1)C1CCCCC1. The molecule has 0 saturated heterocycles. The molecule has 0 aliphatic heterocycles. The molecule has 1 aliphatic rings. The zero-order valence-corrected chi connectivity index (χ0v) is 17.5. The van der Waals surface area contributed by atoms with Crippen molar-refractivity contribution in [1.82, 2.24) is 9.47 Å². The fourth-order valence-electron chi connectivity index (χ4n) is 3.72. The molecule has 3 rings (SSSR count). The van der Waals surface area contributed by atoms with Crippen LogP contribution in [0.1, 0.15) is 50.3 Å². The van der Waals surface area contributed by atoms with E-state index in [1.165, 1.54) is 24.8 Å². The minimum atomic E-state index is -0.480. The summed E-state index contributed by atoms with van der Waals surface area (Å²) in [6.45, 7) is 3.21. The molecule has 0 radical (unpaired) electrons. The maximum atomic E-state index is 12.8. The smallest absolute Gasteiger partial charge is 0.240 e. The van der Waals surface area contributed by atoms with E-state index in [0.29, 0.717) is 12.6 Å². The number of hydrogen-bond acceptors (Lipinski definition) is 1. The van der Waals surface area contributed by atoms with E-state index >= 15 is 0 Å². The first-order chi connectivity index (χ1) is 12.5. The molecule has 1 atom stereocenters. The number of nitrogens with zero attached hydrogens (tertiary/aromatic N) is 2. The Morgan fingerprint density at radius 2 is 1.92 bits per heavy atom. The van der Waals surface area contributed by atoms with Crippen molar-refractivity contribution in [2.75, 3.05) is 0 Å². The van der Waals surface area contributed by atoms with Gasteiger partial charge in [-0.1, -0.05) is 47.3 Å². The van der Waals surface area contributed by atoms with Gasteiger partial charge in [-0.15, -0.1) is 11.6 Å². The van der Waals surface area contributed by atoms with E-state index in [9.17, 15) is 4.79 Å². The van der Waals surface area contributed by atoms with Crippen LogP contribution in [0.5, 0.6) is 0 Å². The molecule has 0 bridgehead atoms. The number of halogens is 2. The van der Waals surface area contributed by atoms with Gasteiger partial charge in [0.1, 0.15) is 5.38 Å². The van der Waals surface area contributed by atoms with E-state index in [2.05, 4.69) is 63.1 Å². The van der Waals surface area contributed by atoms with E-state index in [0.717, 1.165) is 29.6 Å². The van der Waals surface area contributed by atoms with Gasteiger partial charge in [0, 0.05) is 29.0 Å². The Kier molecular flexibility index (Phi) is 6.82. The number of aromatic nitrogens is 1. The van der Waals surface area contributed by atoms with Crippen molar-refractivity contribution in [3.8, 4) is 0 Å². The summed E-state index contributed by atoms with van der Waals surface area (Å²) in [6.07, 6.45) is 7.93. The molecule has 1 heterocycles. The lowest BCUT2D eigenvalue weighted by Crippen LogP contribution is -2.44. The van der Waals surface area contributed by atoms with Crippen molar-refractivity contribution >= 4 is 33.4 Å². The molecule has 1 aromatic heterocycles. The highest BCUT2D eigenvalue weighted by molar-refractivity contribution is 9.10. The van der Waals surface area contributed by atoms with Crippen molar-refractivity contribution in [3.63, 3.8) is 0 Å². The van der Waals surface area contributed by atoms with Gasteiger partial charge < -0.3 is 9.47 Å². The molecule has 26 heavy (non-hydrogen) atoms. The maximum absolute atomic E-state index is 12.8. The highest BCUT2D eigenvalue weighted by atomic mass is 79.9. The Bertz CT molecular complexity index is 720. The third-order valence-electron chi connectivity index (χ3n) is 5.16. The highest BCUT2D eigenvalue weighted by Gasteiger charge is 2.28. The van der Waals surface area contributed by atoms with Crippen LogP contribution >= 0.6 is 27.5 Å². The lowest BCUT2D eigenvalue weighted by Gasteiger charge is -2.35. The van der Waals surface area contributed by atoms with E-state index in [1.54, 1.807) is 6.92 Å². The Balaban J connectivity index is 1.77. The summed E-state index contributed by atoms with van der Waals surface area (Å²) in [5, 5.41) is -0.480. The molecule has 3 nitrogen and oxygen atoms in total. The zero-order valence-electron chi connectivity index (χ0n) is 15.2. The van der Waals surface area contributed by atoms with Crippen LogP contribution in [0.2, 0.25) is 0 Å². The molecule has 1 saturated carbocycles. The number of carbonyl (C=O) groups excluding carboxylic acids is 1. The van der Waals surface area contributed by atoms with Gasteiger partial charge in [-0.3, -0.25) is 4.79 Å². The summed E-state index contributed by atoms with van der Waals surface area (Å²) >= 11 is 9.64. The molecule has 1 aliphatic carbocycles. The Morgan fingerprint density at radius 3 is 2.58 bits per heavy atom. The predicted octanol–water partition coefficient (Wildman–Crippen LogP) is 5.59. The molecule has 1 amide bonds. The molecule has 140 valence electrons. The fraction of sp³-hybridized carbons (Fsp3) is 0.476. The van der Waals surface area contributed by atoms with Gasteiger partial charge in [0.25, 0.3) is 0 Å². The Hall–Kier alpha value is -1.26. The number of carbonyl (C=O) groups is 1. The topological polar surface area (TPSA) is 25.2 Å². The summed E-state index contributed by atoms with van der Waals surface area (Å²) in [7, 11) is 0. The second-order valence-corrected chi connectivity index (χ2v) is 8.70. The first kappa shape index (κ1) is 19.5. The number of amides is 1. The number of benzene rings is 1. The van der Waals surface area contributed by atoms with Crippen molar-refractivity contribution in [1.29, 1.82) is 0 Å². The van der Waals surface area contributed by atoms with Crippen LogP contribution in [0.25, 0.3) is 0 Å². The van der Waals surface area contributed by atoms with Crippen LogP contribution in [0, 0.1) is 0 Å². The summed E-state index contributed by atoms with van der Waals surface area (Å²) in [4.78, 5) is 14.8. The Morgan fingerprint density at radius 1 is 1.23 bits per heavy atom. The quantitative estimate of drug-likeness (QED) is 0.541. The van der Waals surface area contributed by atoms with Gasteiger partial charge in [0.05, 0.1) is 6.54 Å². The van der Waals surface area contributed by atoms with Crippen LogP contribution in [0.3, 0.4) is 0 Å². The first-order valence-corrected chi connectivity index (χ1v) is 10.6. The number of hydrogen-bond donors (Lipinski definition) is 0. The summed E-state index contributed by atoms with van der Waals surface area (Å²) < 4.78 is 3.31. The molecule has 5 heteroatoms. The van der Waals surface area contributed by atoms with Crippen molar-refractivity contribution in [2.24, 2.45) is 0 Å². The molecule has 1 fully saturated rings. The van der Waals surface area contributed by atoms with Gasteiger partial charge in [-0.2, -0.15) is 0 Å². The fourth-order valence-corrected chi connectivity index (χ4v) is 4.11. The molecular weight excluding hydrogens is 412 g/mol. The first-order valence-electron chi connectivity index (χ1n) is 9.37. The largest absolute Gasteiger partial charge is 0.345 e. The van der Waals surface area contributed by atoms with E-state index in [1.807, 2.05) is 4.90 Å². The average molecular weight is 438 g/mol. The molecular formula is C21H26BrClN2O. The Labute approximate surface area is 169 Å². The van der Waals surface area contributed by atoms with Crippen LogP contribution < -0.4 is 0 Å². The monoisotopic (exact) mass is 436 g/mol. The van der Waals surface area contributed by atoms with Crippen LogP contribution in [-0.2, 0) is 17.9 Å². The van der Waals surface area contributed by atoms with Gasteiger partial charge in [-0.25, -0.2) is 0 Å². The molecule has 1 aromatic carbocycles. The third-order valence-corrected chi connectivity index (χ3v) is 5.88. The molecule has 1 unspecified atom stereocenters. The average Bonchev–Trinajstić information content (AvgIpc) is 3.08. The van der Waals surface area contributed by atoms with Crippen molar-refractivity contribution in [3.05, 3.63) is 58.3 Å². The molecule has 0 spiro atoms. The molecule has 2 aromatic rings. The minimum absolute atomic E-state index is 0.0509. The number of rotatable bonds is 6. The standard InChI is InChI=1S/C21H26BrClN2O/c1-16(23)21(26)25(19-6-3-2-4-7-19)15-20-8-5-13-24(20)14-17-9-11-18(22)12-10-17/h5,8-13,16,19H,2-4,6-7,14-15H2,1H3. The zero-order chi connectivity index (χ0) is 18.5. The number of alkyl halides is 1. The maximum Gasteiger partial charge on any atom is 0.240 e.